The molecule has 3 aromatic rings. The maximum atomic E-state index is 12.8. The Hall–Kier alpha value is -2.84. The third-order valence-corrected chi connectivity index (χ3v) is 5.46. The standard InChI is InChI=1S/C18H16ClN3O4S/c1-2-26-18(23)14-12-20-22(13-8-4-3-5-9-13)17(14)21-27(24,25)16-11-7-6-10-15(16)19/h3-12,21H,2H2,1H3. The highest BCUT2D eigenvalue weighted by molar-refractivity contribution is 7.92. The number of para-hydroxylation sites is 1. The van der Waals surface area contributed by atoms with E-state index in [1.54, 1.807) is 43.3 Å². The summed E-state index contributed by atoms with van der Waals surface area (Å²) >= 11 is 6.02. The van der Waals surface area contributed by atoms with Crippen molar-refractivity contribution in [2.45, 2.75) is 11.8 Å². The molecule has 140 valence electrons. The minimum Gasteiger partial charge on any atom is -0.462 e. The molecule has 1 N–H and O–H groups in total. The average Bonchev–Trinajstić information content (AvgIpc) is 3.05. The topological polar surface area (TPSA) is 90.3 Å². The molecule has 0 aliphatic heterocycles. The van der Waals surface area contributed by atoms with Gasteiger partial charge in [-0.1, -0.05) is 41.9 Å². The highest BCUT2D eigenvalue weighted by atomic mass is 35.5. The minimum absolute atomic E-state index is 0.00340. The molecular formula is C18H16ClN3O4S. The van der Waals surface area contributed by atoms with E-state index in [0.717, 1.165) is 0 Å². The zero-order valence-electron chi connectivity index (χ0n) is 14.3. The van der Waals surface area contributed by atoms with Crippen LogP contribution in [0.15, 0.2) is 65.7 Å². The first-order valence-corrected chi connectivity index (χ1v) is 9.88. The highest BCUT2D eigenvalue weighted by Gasteiger charge is 2.26. The molecule has 0 atom stereocenters. The largest absolute Gasteiger partial charge is 0.462 e. The Balaban J connectivity index is 2.11. The van der Waals surface area contributed by atoms with E-state index in [1.165, 1.54) is 23.0 Å². The number of halogens is 1. The van der Waals surface area contributed by atoms with Crippen molar-refractivity contribution in [3.8, 4) is 5.69 Å². The van der Waals surface area contributed by atoms with Gasteiger partial charge in [0.05, 0.1) is 23.5 Å². The van der Waals surface area contributed by atoms with Crippen LogP contribution < -0.4 is 4.72 Å². The molecule has 7 nitrogen and oxygen atoms in total. The van der Waals surface area contributed by atoms with E-state index in [4.69, 9.17) is 16.3 Å². The van der Waals surface area contributed by atoms with Gasteiger partial charge in [-0.2, -0.15) is 5.10 Å². The van der Waals surface area contributed by atoms with E-state index in [1.807, 2.05) is 6.07 Å². The number of nitrogens with zero attached hydrogens (tertiary/aromatic N) is 2. The molecule has 0 saturated heterocycles. The lowest BCUT2D eigenvalue weighted by molar-refractivity contribution is 0.0527. The Labute approximate surface area is 161 Å². The zero-order valence-corrected chi connectivity index (χ0v) is 15.9. The maximum absolute atomic E-state index is 12.8. The molecule has 1 heterocycles. The van der Waals surface area contributed by atoms with Crippen molar-refractivity contribution in [2.24, 2.45) is 0 Å². The van der Waals surface area contributed by atoms with Crippen molar-refractivity contribution in [3.63, 3.8) is 0 Å². The fourth-order valence-electron chi connectivity index (χ4n) is 2.41. The third-order valence-electron chi connectivity index (χ3n) is 3.62. The van der Waals surface area contributed by atoms with Crippen LogP contribution in [0.5, 0.6) is 0 Å². The second-order valence-electron chi connectivity index (χ2n) is 5.41. The van der Waals surface area contributed by atoms with Gasteiger partial charge < -0.3 is 4.74 Å². The van der Waals surface area contributed by atoms with Gasteiger partial charge in [-0.05, 0) is 31.2 Å². The fourth-order valence-corrected chi connectivity index (χ4v) is 4.00. The van der Waals surface area contributed by atoms with Crippen molar-refractivity contribution in [3.05, 3.63) is 71.4 Å². The molecule has 0 bridgehead atoms. The lowest BCUT2D eigenvalue weighted by atomic mass is 10.3. The molecule has 1 aromatic heterocycles. The number of benzene rings is 2. The SMILES string of the molecule is CCOC(=O)c1cnn(-c2ccccc2)c1NS(=O)(=O)c1ccccc1Cl. The van der Waals surface area contributed by atoms with E-state index in [0.29, 0.717) is 5.69 Å². The van der Waals surface area contributed by atoms with E-state index >= 15 is 0 Å². The van der Waals surface area contributed by atoms with Gasteiger partial charge in [-0.25, -0.2) is 17.9 Å². The Morgan fingerprint density at radius 3 is 2.48 bits per heavy atom. The van der Waals surface area contributed by atoms with Gasteiger partial charge in [-0.3, -0.25) is 4.72 Å². The lowest BCUT2D eigenvalue weighted by Crippen LogP contribution is -2.19. The van der Waals surface area contributed by atoms with Gasteiger partial charge >= 0.3 is 5.97 Å². The number of esters is 1. The average molecular weight is 406 g/mol. The molecule has 3 rings (SSSR count). The second kappa shape index (κ2) is 7.81. The summed E-state index contributed by atoms with van der Waals surface area (Å²) in [5.41, 5.74) is 0.571. The number of nitrogens with one attached hydrogen (secondary N) is 1. The summed E-state index contributed by atoms with van der Waals surface area (Å²) in [7, 11) is -4.07. The van der Waals surface area contributed by atoms with Gasteiger partial charge in [0, 0.05) is 0 Å². The van der Waals surface area contributed by atoms with Gasteiger partial charge in [-0.15, -0.1) is 0 Å². The predicted octanol–water partition coefficient (Wildman–Crippen LogP) is 3.50. The van der Waals surface area contributed by atoms with Crippen molar-refractivity contribution < 1.29 is 17.9 Å². The zero-order chi connectivity index (χ0) is 19.4. The molecule has 27 heavy (non-hydrogen) atoms. The number of sulfonamides is 1. The third kappa shape index (κ3) is 3.96. The number of hydrogen-bond donors (Lipinski definition) is 1. The lowest BCUT2D eigenvalue weighted by Gasteiger charge is -2.13. The molecule has 0 aliphatic carbocycles. The van der Waals surface area contributed by atoms with Gasteiger partial charge in [0.2, 0.25) is 0 Å². The summed E-state index contributed by atoms with van der Waals surface area (Å²) in [6, 6.07) is 14.8. The highest BCUT2D eigenvalue weighted by Crippen LogP contribution is 2.27. The van der Waals surface area contributed by atoms with Crippen LogP contribution in [0.3, 0.4) is 0 Å². The minimum atomic E-state index is -4.07. The summed E-state index contributed by atoms with van der Waals surface area (Å²) < 4.78 is 34.4. The van der Waals surface area contributed by atoms with Gasteiger partial charge in [0.1, 0.15) is 10.5 Å². The summed E-state index contributed by atoms with van der Waals surface area (Å²) in [6.07, 6.45) is 1.26. The number of carbonyl (C=O) groups is 1. The van der Waals surface area contributed by atoms with Crippen molar-refractivity contribution in [1.82, 2.24) is 9.78 Å². The van der Waals surface area contributed by atoms with Crippen molar-refractivity contribution in [1.29, 1.82) is 0 Å². The molecular weight excluding hydrogens is 390 g/mol. The van der Waals surface area contributed by atoms with Gasteiger partial charge in [0.15, 0.2) is 5.82 Å². The first-order chi connectivity index (χ1) is 12.9. The Morgan fingerprint density at radius 1 is 1.15 bits per heavy atom. The molecule has 0 radical (unpaired) electrons. The van der Waals surface area contributed by atoms with Crippen LogP contribution in [0.4, 0.5) is 5.82 Å². The summed E-state index contributed by atoms with van der Waals surface area (Å²) in [5, 5.41) is 4.21. The molecule has 0 spiro atoms. The monoisotopic (exact) mass is 405 g/mol. The Morgan fingerprint density at radius 2 is 1.81 bits per heavy atom. The quantitative estimate of drug-likeness (QED) is 0.634. The van der Waals surface area contributed by atoms with Crippen LogP contribution in [0.2, 0.25) is 5.02 Å². The van der Waals surface area contributed by atoms with E-state index in [2.05, 4.69) is 9.82 Å². The van der Waals surface area contributed by atoms with Crippen LogP contribution >= 0.6 is 11.6 Å². The number of hydrogen-bond acceptors (Lipinski definition) is 5. The molecule has 0 fully saturated rings. The number of rotatable bonds is 6. The molecule has 0 saturated carbocycles. The number of aromatic nitrogens is 2. The van der Waals surface area contributed by atoms with Crippen LogP contribution in [0, 0.1) is 0 Å². The van der Waals surface area contributed by atoms with E-state index < -0.39 is 16.0 Å². The van der Waals surface area contributed by atoms with Crippen LogP contribution in [-0.4, -0.2) is 30.8 Å². The Kier molecular flexibility index (Phi) is 5.48. The Bertz CT molecular complexity index is 1070. The van der Waals surface area contributed by atoms with Crippen LogP contribution in [0.1, 0.15) is 17.3 Å². The number of anilines is 1. The summed E-state index contributed by atoms with van der Waals surface area (Å²) in [5.74, 6) is -0.712. The van der Waals surface area contributed by atoms with Gasteiger partial charge in [0.25, 0.3) is 10.0 Å². The van der Waals surface area contributed by atoms with Crippen LogP contribution in [-0.2, 0) is 14.8 Å². The molecule has 0 aliphatic rings. The summed E-state index contributed by atoms with van der Waals surface area (Å²) in [4.78, 5) is 12.2. The van der Waals surface area contributed by atoms with Crippen molar-refractivity contribution in [2.75, 3.05) is 11.3 Å². The smallest absolute Gasteiger partial charge is 0.343 e. The molecule has 9 heteroatoms. The normalized spacial score (nSPS) is 11.2. The van der Waals surface area contributed by atoms with Crippen molar-refractivity contribution >= 4 is 33.4 Å². The van der Waals surface area contributed by atoms with Crippen LogP contribution in [0.25, 0.3) is 5.69 Å². The first-order valence-electron chi connectivity index (χ1n) is 8.02. The van der Waals surface area contributed by atoms with E-state index in [9.17, 15) is 13.2 Å². The van der Waals surface area contributed by atoms with E-state index in [-0.39, 0.29) is 27.9 Å². The second-order valence-corrected chi connectivity index (χ2v) is 7.47. The molecule has 0 unspecified atom stereocenters. The number of ether oxygens (including phenoxy) is 1. The predicted molar refractivity (Wildman–Crippen MR) is 102 cm³/mol. The number of carbonyl (C=O) groups excluding carboxylic acids is 1. The maximum Gasteiger partial charge on any atom is 0.343 e. The first kappa shape index (κ1) is 18.9. The molecule has 0 amide bonds. The fraction of sp³-hybridized carbons (Fsp3) is 0.111. The molecule has 2 aromatic carbocycles. The summed E-state index contributed by atoms with van der Waals surface area (Å²) in [6.45, 7) is 1.80.